The molecule has 0 aliphatic rings. The van der Waals surface area contributed by atoms with Crippen molar-refractivity contribution in [2.45, 2.75) is 13.2 Å². The number of nitrogens with zero attached hydrogens (tertiary/aromatic N) is 2. The van der Waals surface area contributed by atoms with E-state index in [0.29, 0.717) is 0 Å². The van der Waals surface area contributed by atoms with E-state index < -0.39 is 12.1 Å². The van der Waals surface area contributed by atoms with Crippen LogP contribution in [-0.2, 0) is 17.9 Å². The zero-order valence-corrected chi connectivity index (χ0v) is 14.5. The zero-order valence-electron chi connectivity index (χ0n) is 14.5. The Morgan fingerprint density at radius 1 is 0.926 bits per heavy atom. The Labute approximate surface area is 156 Å². The van der Waals surface area contributed by atoms with Crippen molar-refractivity contribution in [3.8, 4) is 0 Å². The highest BCUT2D eigenvalue weighted by Gasteiger charge is 2.23. The van der Waals surface area contributed by atoms with E-state index in [2.05, 4.69) is 4.98 Å². The van der Waals surface area contributed by atoms with E-state index in [9.17, 15) is 14.7 Å². The molecule has 0 bridgehead atoms. The number of carboxylic acids is 1. The molecule has 0 radical (unpaired) electrons. The monoisotopic (exact) mass is 362 g/mol. The SMILES string of the molecule is O=C(O)c1ccccc1N(Cc1cccnc1)C(=O)OCc1ccccc1. The first-order valence-electron chi connectivity index (χ1n) is 8.34. The van der Waals surface area contributed by atoms with Crippen LogP contribution >= 0.6 is 0 Å². The smallest absolute Gasteiger partial charge is 0.414 e. The molecule has 3 rings (SSSR count). The summed E-state index contributed by atoms with van der Waals surface area (Å²) in [6.07, 6.45) is 2.63. The summed E-state index contributed by atoms with van der Waals surface area (Å²) in [5.41, 5.74) is 1.90. The van der Waals surface area contributed by atoms with Crippen LogP contribution in [0.25, 0.3) is 0 Å². The van der Waals surface area contributed by atoms with Gasteiger partial charge in [-0.25, -0.2) is 9.59 Å². The first-order valence-corrected chi connectivity index (χ1v) is 8.34. The van der Waals surface area contributed by atoms with Crippen LogP contribution in [0.1, 0.15) is 21.5 Å². The summed E-state index contributed by atoms with van der Waals surface area (Å²) in [6.45, 7) is 0.240. The summed E-state index contributed by atoms with van der Waals surface area (Å²) >= 11 is 0. The van der Waals surface area contributed by atoms with Gasteiger partial charge < -0.3 is 9.84 Å². The fourth-order valence-electron chi connectivity index (χ4n) is 2.61. The summed E-state index contributed by atoms with van der Waals surface area (Å²) in [6, 6.07) is 19.2. The van der Waals surface area contributed by atoms with Crippen molar-refractivity contribution in [3.05, 3.63) is 95.8 Å². The largest absolute Gasteiger partial charge is 0.478 e. The van der Waals surface area contributed by atoms with Gasteiger partial charge >= 0.3 is 12.1 Å². The van der Waals surface area contributed by atoms with Gasteiger partial charge in [0.2, 0.25) is 0 Å². The highest BCUT2D eigenvalue weighted by molar-refractivity contribution is 5.99. The van der Waals surface area contributed by atoms with Gasteiger partial charge in [-0.05, 0) is 29.3 Å². The second-order valence-corrected chi connectivity index (χ2v) is 5.81. The summed E-state index contributed by atoms with van der Waals surface area (Å²) in [4.78, 5) is 29.7. The molecule has 0 spiro atoms. The quantitative estimate of drug-likeness (QED) is 0.713. The number of anilines is 1. The van der Waals surface area contributed by atoms with Gasteiger partial charge in [-0.3, -0.25) is 9.88 Å². The van der Waals surface area contributed by atoms with E-state index in [1.165, 1.54) is 11.0 Å². The number of rotatable bonds is 6. The second kappa shape index (κ2) is 8.62. The number of carbonyl (C=O) groups excluding carboxylic acids is 1. The van der Waals surface area contributed by atoms with Gasteiger partial charge in [0.1, 0.15) is 6.61 Å². The van der Waals surface area contributed by atoms with E-state index in [4.69, 9.17) is 4.74 Å². The van der Waals surface area contributed by atoms with Crippen LogP contribution < -0.4 is 4.90 Å². The van der Waals surface area contributed by atoms with Gasteiger partial charge in [-0.15, -0.1) is 0 Å². The van der Waals surface area contributed by atoms with Crippen LogP contribution in [0.2, 0.25) is 0 Å². The van der Waals surface area contributed by atoms with Crippen molar-refractivity contribution in [2.75, 3.05) is 4.90 Å². The molecule has 6 heteroatoms. The van der Waals surface area contributed by atoms with Gasteiger partial charge in [0.15, 0.2) is 0 Å². The normalized spacial score (nSPS) is 10.2. The molecule has 0 unspecified atom stereocenters. The number of amides is 1. The number of carbonyl (C=O) groups is 2. The first kappa shape index (κ1) is 18.1. The maximum Gasteiger partial charge on any atom is 0.414 e. The number of para-hydroxylation sites is 1. The molecule has 1 aromatic heterocycles. The number of aromatic carboxylic acids is 1. The molecule has 3 aromatic rings. The van der Waals surface area contributed by atoms with Crippen LogP contribution in [0.15, 0.2) is 79.1 Å². The number of benzene rings is 2. The van der Waals surface area contributed by atoms with Gasteiger partial charge in [-0.2, -0.15) is 0 Å². The predicted molar refractivity (Wildman–Crippen MR) is 100 cm³/mol. The van der Waals surface area contributed by atoms with Crippen molar-refractivity contribution in [1.82, 2.24) is 4.98 Å². The van der Waals surface area contributed by atoms with E-state index in [-0.39, 0.29) is 24.4 Å². The Hall–Kier alpha value is -3.67. The molecule has 136 valence electrons. The molecular weight excluding hydrogens is 344 g/mol. The third kappa shape index (κ3) is 4.70. The number of ether oxygens (including phenoxy) is 1. The summed E-state index contributed by atoms with van der Waals surface area (Å²) < 4.78 is 5.43. The Bertz CT molecular complexity index is 914. The van der Waals surface area contributed by atoms with E-state index in [1.54, 1.807) is 36.7 Å². The zero-order chi connectivity index (χ0) is 19.1. The van der Waals surface area contributed by atoms with Gasteiger partial charge in [-0.1, -0.05) is 48.5 Å². The third-order valence-electron chi connectivity index (χ3n) is 3.91. The minimum Gasteiger partial charge on any atom is -0.478 e. The van der Waals surface area contributed by atoms with Crippen LogP contribution in [0.4, 0.5) is 10.5 Å². The lowest BCUT2D eigenvalue weighted by Crippen LogP contribution is -2.32. The van der Waals surface area contributed by atoms with Gasteiger partial charge in [0.25, 0.3) is 0 Å². The molecular formula is C21H18N2O4. The Balaban J connectivity index is 1.88. The van der Waals surface area contributed by atoms with Crippen molar-refractivity contribution in [1.29, 1.82) is 0 Å². The van der Waals surface area contributed by atoms with Gasteiger partial charge in [0, 0.05) is 12.4 Å². The molecule has 0 aliphatic heterocycles. The lowest BCUT2D eigenvalue weighted by atomic mass is 10.1. The van der Waals surface area contributed by atoms with Crippen molar-refractivity contribution >= 4 is 17.7 Å². The first-order chi connectivity index (χ1) is 13.1. The predicted octanol–water partition coefficient (Wildman–Crippen LogP) is 4.12. The van der Waals surface area contributed by atoms with Crippen LogP contribution in [0.5, 0.6) is 0 Å². The average Bonchev–Trinajstić information content (AvgIpc) is 2.72. The number of pyridine rings is 1. The Kier molecular flexibility index (Phi) is 5.79. The minimum atomic E-state index is -1.11. The van der Waals surface area contributed by atoms with Crippen LogP contribution in [0.3, 0.4) is 0 Å². The number of hydrogen-bond donors (Lipinski definition) is 1. The molecule has 1 amide bonds. The minimum absolute atomic E-state index is 0.0260. The van der Waals surface area contributed by atoms with Crippen molar-refractivity contribution in [2.24, 2.45) is 0 Å². The average molecular weight is 362 g/mol. The molecule has 0 saturated heterocycles. The summed E-state index contributed by atoms with van der Waals surface area (Å²) in [5, 5.41) is 9.48. The molecule has 1 N–H and O–H groups in total. The highest BCUT2D eigenvalue weighted by Crippen LogP contribution is 2.24. The molecule has 0 aliphatic carbocycles. The van der Waals surface area contributed by atoms with E-state index in [1.807, 2.05) is 36.4 Å². The number of carboxylic acid groups (broad SMARTS) is 1. The Morgan fingerprint density at radius 2 is 1.63 bits per heavy atom. The maximum atomic E-state index is 12.8. The van der Waals surface area contributed by atoms with Crippen LogP contribution in [0, 0.1) is 0 Å². The molecule has 2 aromatic carbocycles. The maximum absolute atomic E-state index is 12.8. The Morgan fingerprint density at radius 3 is 2.33 bits per heavy atom. The van der Waals surface area contributed by atoms with Crippen LogP contribution in [-0.4, -0.2) is 22.2 Å². The summed E-state index contributed by atoms with van der Waals surface area (Å²) in [5.74, 6) is -1.11. The van der Waals surface area contributed by atoms with E-state index >= 15 is 0 Å². The molecule has 0 fully saturated rings. The number of hydrogen-bond acceptors (Lipinski definition) is 4. The van der Waals surface area contributed by atoms with E-state index in [0.717, 1.165) is 11.1 Å². The molecule has 0 saturated carbocycles. The molecule has 1 heterocycles. The lowest BCUT2D eigenvalue weighted by molar-refractivity contribution is 0.0697. The lowest BCUT2D eigenvalue weighted by Gasteiger charge is -2.23. The number of aromatic nitrogens is 1. The molecule has 0 atom stereocenters. The standard InChI is InChI=1S/C21H18N2O4/c24-20(25)18-10-4-5-11-19(18)23(14-17-9-6-12-22-13-17)21(26)27-15-16-7-2-1-3-8-16/h1-13H,14-15H2,(H,24,25). The van der Waals surface area contributed by atoms with Crippen molar-refractivity contribution in [3.63, 3.8) is 0 Å². The molecule has 6 nitrogen and oxygen atoms in total. The fraction of sp³-hybridized carbons (Fsp3) is 0.0952. The fourth-order valence-corrected chi connectivity index (χ4v) is 2.61. The summed E-state index contributed by atoms with van der Waals surface area (Å²) in [7, 11) is 0. The second-order valence-electron chi connectivity index (χ2n) is 5.81. The van der Waals surface area contributed by atoms with Gasteiger partial charge in [0.05, 0.1) is 17.8 Å². The molecule has 27 heavy (non-hydrogen) atoms. The highest BCUT2D eigenvalue weighted by atomic mass is 16.6. The van der Waals surface area contributed by atoms with Crippen molar-refractivity contribution < 1.29 is 19.4 Å². The third-order valence-corrected chi connectivity index (χ3v) is 3.91. The topological polar surface area (TPSA) is 79.7 Å².